The summed E-state index contributed by atoms with van der Waals surface area (Å²) in [4.78, 5) is 30.5. The molecule has 0 spiro atoms. The molecule has 30 heavy (non-hydrogen) atoms. The Morgan fingerprint density at radius 1 is 1.17 bits per heavy atom. The number of aryl methyl sites for hydroxylation is 1. The second-order valence-electron chi connectivity index (χ2n) is 7.11. The van der Waals surface area contributed by atoms with Gasteiger partial charge in [-0.05, 0) is 61.6 Å². The third-order valence-electron chi connectivity index (χ3n) is 5.13. The highest BCUT2D eigenvalue weighted by atomic mass is 35.5. The van der Waals surface area contributed by atoms with Crippen molar-refractivity contribution < 1.29 is 14.3 Å². The van der Waals surface area contributed by atoms with Crippen LogP contribution in [0.5, 0.6) is 0 Å². The lowest BCUT2D eigenvalue weighted by Gasteiger charge is -2.20. The number of halogens is 1. The quantitative estimate of drug-likeness (QED) is 0.431. The molecule has 3 aromatic rings. The zero-order valence-corrected chi connectivity index (χ0v) is 18.1. The summed E-state index contributed by atoms with van der Waals surface area (Å²) in [6.45, 7) is 0. The molecule has 0 aliphatic heterocycles. The summed E-state index contributed by atoms with van der Waals surface area (Å²) in [7, 11) is 1.32. The molecule has 5 nitrogen and oxygen atoms in total. The fraction of sp³-hybridized carbons (Fsp3) is 0.261. The van der Waals surface area contributed by atoms with E-state index in [1.54, 1.807) is 24.3 Å². The summed E-state index contributed by atoms with van der Waals surface area (Å²) in [5, 5.41) is 4.47. The minimum Gasteiger partial charge on any atom is -0.465 e. The highest BCUT2D eigenvalue weighted by Gasteiger charge is 2.20. The molecular weight excluding hydrogens is 420 g/mol. The summed E-state index contributed by atoms with van der Waals surface area (Å²) < 4.78 is 4.79. The van der Waals surface area contributed by atoms with Gasteiger partial charge in [-0.1, -0.05) is 23.7 Å². The largest absolute Gasteiger partial charge is 0.465 e. The molecule has 0 bridgehead atoms. The van der Waals surface area contributed by atoms with Crippen LogP contribution >= 0.6 is 23.4 Å². The number of esters is 1. The molecule has 0 unspecified atom stereocenters. The minimum absolute atomic E-state index is 0.187. The summed E-state index contributed by atoms with van der Waals surface area (Å²) in [5.74, 6) is -0.455. The van der Waals surface area contributed by atoms with Crippen molar-refractivity contribution in [2.45, 2.75) is 30.6 Å². The van der Waals surface area contributed by atoms with Gasteiger partial charge in [0, 0.05) is 21.0 Å². The topological polar surface area (TPSA) is 68.3 Å². The molecule has 1 aliphatic carbocycles. The summed E-state index contributed by atoms with van der Waals surface area (Å²) in [6, 6.07) is 12.5. The zero-order valence-electron chi connectivity index (χ0n) is 16.5. The molecule has 0 saturated heterocycles. The number of methoxy groups -OCH3 is 1. The molecule has 0 radical (unpaired) electrons. The van der Waals surface area contributed by atoms with Gasteiger partial charge in [0.2, 0.25) is 5.91 Å². The number of hydrogen-bond acceptors (Lipinski definition) is 5. The monoisotopic (exact) mass is 440 g/mol. The molecule has 1 aliphatic rings. The van der Waals surface area contributed by atoms with Crippen molar-refractivity contribution in [1.29, 1.82) is 0 Å². The van der Waals surface area contributed by atoms with Crippen molar-refractivity contribution in [1.82, 2.24) is 4.98 Å². The molecule has 0 fully saturated rings. The van der Waals surface area contributed by atoms with Crippen molar-refractivity contribution in [2.75, 3.05) is 18.2 Å². The highest BCUT2D eigenvalue weighted by molar-refractivity contribution is 8.00. The first-order chi connectivity index (χ1) is 14.6. The van der Waals surface area contributed by atoms with Crippen LogP contribution in [0.1, 0.15) is 34.5 Å². The number of carbonyl (C=O) groups is 2. The molecular formula is C23H21ClN2O3S. The number of ether oxygens (including phenoxy) is 1. The van der Waals surface area contributed by atoms with Crippen LogP contribution in [0.25, 0.3) is 10.9 Å². The predicted molar refractivity (Wildman–Crippen MR) is 121 cm³/mol. The van der Waals surface area contributed by atoms with Crippen LogP contribution in [0.3, 0.4) is 0 Å². The number of fused-ring (bicyclic) bond motifs is 2. The molecule has 1 aromatic heterocycles. The highest BCUT2D eigenvalue weighted by Crippen LogP contribution is 2.37. The van der Waals surface area contributed by atoms with Gasteiger partial charge < -0.3 is 10.1 Å². The maximum Gasteiger partial charge on any atom is 0.339 e. The first kappa shape index (κ1) is 20.7. The van der Waals surface area contributed by atoms with E-state index in [1.807, 2.05) is 18.2 Å². The average Bonchev–Trinajstić information content (AvgIpc) is 2.76. The van der Waals surface area contributed by atoms with E-state index in [9.17, 15) is 9.59 Å². The Hall–Kier alpha value is -2.57. The Morgan fingerprint density at radius 2 is 1.97 bits per heavy atom. The number of pyridine rings is 1. The van der Waals surface area contributed by atoms with Gasteiger partial charge in [0.15, 0.2) is 0 Å². The van der Waals surface area contributed by atoms with Crippen LogP contribution in [0.2, 0.25) is 5.02 Å². The lowest BCUT2D eigenvalue weighted by atomic mass is 9.94. The van der Waals surface area contributed by atoms with Crippen LogP contribution in [0, 0.1) is 0 Å². The minimum atomic E-state index is -0.484. The second-order valence-corrected chi connectivity index (χ2v) is 8.53. The molecule has 154 valence electrons. The van der Waals surface area contributed by atoms with Crippen LogP contribution in [0.15, 0.2) is 47.4 Å². The van der Waals surface area contributed by atoms with Crippen molar-refractivity contribution in [2.24, 2.45) is 0 Å². The van der Waals surface area contributed by atoms with Crippen LogP contribution < -0.4 is 5.32 Å². The number of thioether (sulfide) groups is 1. The third kappa shape index (κ3) is 4.30. The molecule has 2 aromatic carbocycles. The zero-order chi connectivity index (χ0) is 21.1. The molecule has 1 amide bonds. The summed E-state index contributed by atoms with van der Waals surface area (Å²) in [5.41, 5.74) is 4.02. The van der Waals surface area contributed by atoms with Gasteiger partial charge in [0.05, 0.1) is 29.6 Å². The maximum absolute atomic E-state index is 12.7. The predicted octanol–water partition coefficient (Wildman–Crippen LogP) is 5.28. The molecule has 0 saturated carbocycles. The molecule has 1 heterocycles. The lowest BCUT2D eigenvalue weighted by Crippen LogP contribution is -2.17. The molecule has 4 rings (SSSR count). The lowest BCUT2D eigenvalue weighted by molar-refractivity contribution is -0.113. The normalized spacial score (nSPS) is 13.0. The first-order valence-electron chi connectivity index (χ1n) is 9.78. The number of nitrogens with one attached hydrogen (secondary N) is 1. The van der Waals surface area contributed by atoms with E-state index >= 15 is 0 Å². The second kappa shape index (κ2) is 9.06. The van der Waals surface area contributed by atoms with Gasteiger partial charge in [-0.25, -0.2) is 4.79 Å². The number of aromatic nitrogens is 1. The fourth-order valence-electron chi connectivity index (χ4n) is 3.72. The SMILES string of the molecule is COC(=O)c1ccccc1NC(=O)CSc1c2c(nc3ccc(Cl)cc13)CCCC2. The number of nitrogens with zero attached hydrogens (tertiary/aromatic N) is 1. The molecule has 1 N–H and O–H groups in total. The number of anilines is 1. The Morgan fingerprint density at radius 3 is 2.80 bits per heavy atom. The van der Waals surface area contributed by atoms with E-state index in [1.165, 1.54) is 24.4 Å². The summed E-state index contributed by atoms with van der Waals surface area (Å²) in [6.07, 6.45) is 4.17. The number of para-hydroxylation sites is 1. The standard InChI is InChI=1S/C23H21ClN2O3S/c1-29-23(28)16-7-3-5-9-19(16)26-21(27)13-30-22-15-6-2-4-8-18(15)25-20-11-10-14(24)12-17(20)22/h3,5,7,9-12H,2,4,6,8,13H2,1H3,(H,26,27). The Labute approximate surface area is 184 Å². The third-order valence-corrected chi connectivity index (χ3v) is 6.52. The number of amides is 1. The Bertz CT molecular complexity index is 1130. The van der Waals surface area contributed by atoms with Gasteiger partial charge in [-0.3, -0.25) is 9.78 Å². The van der Waals surface area contributed by atoms with E-state index in [-0.39, 0.29) is 11.7 Å². The van der Waals surface area contributed by atoms with E-state index in [2.05, 4.69) is 5.32 Å². The number of rotatable bonds is 5. The van der Waals surface area contributed by atoms with E-state index < -0.39 is 5.97 Å². The smallest absolute Gasteiger partial charge is 0.339 e. The average molecular weight is 441 g/mol. The van der Waals surface area contributed by atoms with E-state index in [4.69, 9.17) is 21.3 Å². The van der Waals surface area contributed by atoms with Crippen LogP contribution in [-0.4, -0.2) is 29.7 Å². The first-order valence-corrected chi connectivity index (χ1v) is 11.1. The Kier molecular flexibility index (Phi) is 6.25. The number of benzene rings is 2. The van der Waals surface area contributed by atoms with Crippen molar-refractivity contribution in [3.63, 3.8) is 0 Å². The van der Waals surface area contributed by atoms with Crippen LogP contribution in [0.4, 0.5) is 5.69 Å². The fourth-order valence-corrected chi connectivity index (χ4v) is 4.95. The molecule has 0 atom stereocenters. The van der Waals surface area contributed by atoms with E-state index in [0.29, 0.717) is 16.3 Å². The van der Waals surface area contributed by atoms with Crippen molar-refractivity contribution in [3.05, 3.63) is 64.3 Å². The van der Waals surface area contributed by atoms with Gasteiger partial charge in [-0.15, -0.1) is 11.8 Å². The maximum atomic E-state index is 12.7. The van der Waals surface area contributed by atoms with Gasteiger partial charge in [0.1, 0.15) is 0 Å². The van der Waals surface area contributed by atoms with E-state index in [0.717, 1.165) is 47.2 Å². The number of hydrogen-bond donors (Lipinski definition) is 1. The number of carbonyl (C=O) groups excluding carboxylic acids is 2. The van der Waals surface area contributed by atoms with Gasteiger partial charge >= 0.3 is 5.97 Å². The van der Waals surface area contributed by atoms with Gasteiger partial charge in [-0.2, -0.15) is 0 Å². The van der Waals surface area contributed by atoms with Crippen molar-refractivity contribution in [3.8, 4) is 0 Å². The van der Waals surface area contributed by atoms with Crippen LogP contribution in [-0.2, 0) is 22.4 Å². The van der Waals surface area contributed by atoms with Gasteiger partial charge in [0.25, 0.3) is 0 Å². The molecule has 7 heteroatoms. The van der Waals surface area contributed by atoms with Crippen molar-refractivity contribution >= 4 is 51.8 Å². The summed E-state index contributed by atoms with van der Waals surface area (Å²) >= 11 is 7.74. The Balaban J connectivity index is 1.59.